The van der Waals surface area contributed by atoms with Gasteiger partial charge in [0.1, 0.15) is 11.6 Å². The minimum atomic E-state index is 0.502. The van der Waals surface area contributed by atoms with Crippen molar-refractivity contribution in [1.82, 2.24) is 9.97 Å². The van der Waals surface area contributed by atoms with Gasteiger partial charge in [-0.1, -0.05) is 11.6 Å². The number of aromatic nitrogens is 2. The van der Waals surface area contributed by atoms with E-state index in [1.165, 1.54) is 0 Å². The molecule has 27 heavy (non-hydrogen) atoms. The maximum Gasteiger partial charge on any atom is 0.229 e. The summed E-state index contributed by atoms with van der Waals surface area (Å²) in [6.45, 7) is 1.94. The van der Waals surface area contributed by atoms with E-state index in [9.17, 15) is 0 Å². The number of rotatable bonds is 6. The largest absolute Gasteiger partial charge is 0.495 e. The van der Waals surface area contributed by atoms with E-state index >= 15 is 0 Å². The van der Waals surface area contributed by atoms with Crippen LogP contribution in [-0.2, 0) is 0 Å². The van der Waals surface area contributed by atoms with Crippen molar-refractivity contribution in [3.05, 3.63) is 59.2 Å². The Labute approximate surface area is 164 Å². The van der Waals surface area contributed by atoms with E-state index in [4.69, 9.17) is 16.3 Å². The third kappa shape index (κ3) is 4.60. The number of hydrogen-bond donors (Lipinski definition) is 2. The van der Waals surface area contributed by atoms with Gasteiger partial charge in [-0.25, -0.2) is 4.98 Å². The molecule has 0 saturated heterocycles. The fourth-order valence-corrected chi connectivity index (χ4v) is 2.68. The highest BCUT2D eigenvalue weighted by Gasteiger charge is 2.09. The summed E-state index contributed by atoms with van der Waals surface area (Å²) in [6.07, 6.45) is 1.70. The molecule has 0 fully saturated rings. The number of hydrogen-bond acceptors (Lipinski definition) is 6. The highest BCUT2D eigenvalue weighted by molar-refractivity contribution is 6.31. The predicted molar refractivity (Wildman–Crippen MR) is 112 cm³/mol. The number of nitrogens with one attached hydrogen (secondary N) is 2. The van der Waals surface area contributed by atoms with Gasteiger partial charge in [0, 0.05) is 42.8 Å². The summed E-state index contributed by atoms with van der Waals surface area (Å²) in [5.41, 5.74) is 3.78. The van der Waals surface area contributed by atoms with Crippen LogP contribution in [0.25, 0.3) is 0 Å². The summed E-state index contributed by atoms with van der Waals surface area (Å²) < 4.78 is 5.40. The molecule has 7 heteroatoms. The predicted octanol–water partition coefficient (Wildman–Crippen LogP) is 5.00. The van der Waals surface area contributed by atoms with Crippen LogP contribution in [0, 0.1) is 6.92 Å². The molecule has 0 radical (unpaired) electrons. The fourth-order valence-electron chi connectivity index (χ4n) is 2.53. The lowest BCUT2D eigenvalue weighted by Crippen LogP contribution is -2.08. The molecule has 0 unspecified atom stereocenters. The van der Waals surface area contributed by atoms with E-state index in [0.717, 1.165) is 22.6 Å². The van der Waals surface area contributed by atoms with Crippen LogP contribution in [-0.4, -0.2) is 31.2 Å². The van der Waals surface area contributed by atoms with Crippen LogP contribution in [0.1, 0.15) is 5.56 Å². The molecule has 2 N–H and O–H groups in total. The van der Waals surface area contributed by atoms with Crippen LogP contribution >= 0.6 is 11.6 Å². The van der Waals surface area contributed by atoms with E-state index < -0.39 is 0 Å². The Bertz CT molecular complexity index is 928. The molecule has 3 aromatic rings. The van der Waals surface area contributed by atoms with E-state index in [2.05, 4.69) is 20.6 Å². The van der Waals surface area contributed by atoms with Gasteiger partial charge >= 0.3 is 0 Å². The first kappa shape index (κ1) is 18.8. The van der Waals surface area contributed by atoms with Crippen molar-refractivity contribution in [2.24, 2.45) is 0 Å². The second-order valence-electron chi connectivity index (χ2n) is 6.26. The Balaban J connectivity index is 1.79. The van der Waals surface area contributed by atoms with E-state index in [1.54, 1.807) is 25.4 Å². The van der Waals surface area contributed by atoms with Crippen molar-refractivity contribution in [2.75, 3.05) is 36.7 Å². The van der Waals surface area contributed by atoms with Gasteiger partial charge in [-0.15, -0.1) is 0 Å². The summed E-state index contributed by atoms with van der Waals surface area (Å²) in [7, 11) is 5.62. The van der Waals surface area contributed by atoms with Crippen molar-refractivity contribution in [2.45, 2.75) is 6.92 Å². The first-order valence-electron chi connectivity index (χ1n) is 8.45. The molecule has 6 nitrogen and oxygen atoms in total. The minimum absolute atomic E-state index is 0.502. The zero-order chi connectivity index (χ0) is 19.4. The second-order valence-corrected chi connectivity index (χ2v) is 6.67. The quantitative estimate of drug-likeness (QED) is 0.624. The van der Waals surface area contributed by atoms with Crippen LogP contribution in [0.5, 0.6) is 5.75 Å². The highest BCUT2D eigenvalue weighted by atomic mass is 35.5. The number of ether oxygens (including phenoxy) is 1. The Morgan fingerprint density at radius 1 is 1.04 bits per heavy atom. The van der Waals surface area contributed by atoms with Crippen molar-refractivity contribution in [1.29, 1.82) is 0 Å². The van der Waals surface area contributed by atoms with Crippen LogP contribution in [0.15, 0.2) is 48.7 Å². The zero-order valence-electron chi connectivity index (χ0n) is 15.7. The first-order chi connectivity index (χ1) is 13.0. The normalized spacial score (nSPS) is 10.4. The molecule has 0 bridgehead atoms. The fraction of sp³-hybridized carbons (Fsp3) is 0.200. The molecule has 0 atom stereocenters. The summed E-state index contributed by atoms with van der Waals surface area (Å²) in [5.74, 6) is 1.80. The Morgan fingerprint density at radius 3 is 2.44 bits per heavy atom. The number of anilines is 5. The van der Waals surface area contributed by atoms with Gasteiger partial charge in [-0.05, 0) is 48.9 Å². The number of nitrogens with zero attached hydrogens (tertiary/aromatic N) is 3. The van der Waals surface area contributed by atoms with Gasteiger partial charge in [0.05, 0.1) is 12.8 Å². The average molecular weight is 384 g/mol. The molecular formula is C20H22ClN5O. The van der Waals surface area contributed by atoms with Crippen LogP contribution < -0.4 is 20.3 Å². The molecule has 0 amide bonds. The van der Waals surface area contributed by atoms with Gasteiger partial charge in [0.15, 0.2) is 0 Å². The monoisotopic (exact) mass is 383 g/mol. The van der Waals surface area contributed by atoms with E-state index in [1.807, 2.05) is 56.3 Å². The highest BCUT2D eigenvalue weighted by Crippen LogP contribution is 2.32. The molecule has 2 aromatic carbocycles. The molecule has 140 valence electrons. The number of methoxy groups -OCH3 is 1. The Kier molecular flexibility index (Phi) is 5.66. The molecule has 0 aliphatic carbocycles. The first-order valence-corrected chi connectivity index (χ1v) is 8.82. The van der Waals surface area contributed by atoms with Crippen molar-refractivity contribution >= 4 is 40.4 Å². The smallest absolute Gasteiger partial charge is 0.229 e. The second kappa shape index (κ2) is 8.14. The Hall–Kier alpha value is -2.99. The standard InChI is InChI=1S/C20H22ClN5O/c1-13-11-17(18(27-4)12-16(13)21)24-19-9-10-22-20(25-19)23-14-5-7-15(8-6-14)26(2)3/h5-12H,1-4H3,(H2,22,23,24,25). The Morgan fingerprint density at radius 2 is 1.78 bits per heavy atom. The maximum atomic E-state index is 6.17. The summed E-state index contributed by atoms with van der Waals surface area (Å²) >= 11 is 6.17. The summed E-state index contributed by atoms with van der Waals surface area (Å²) in [5, 5.41) is 7.13. The lowest BCUT2D eigenvalue weighted by atomic mass is 10.2. The van der Waals surface area contributed by atoms with Crippen molar-refractivity contribution < 1.29 is 4.74 Å². The topological polar surface area (TPSA) is 62.3 Å². The third-order valence-electron chi connectivity index (χ3n) is 4.04. The molecule has 1 heterocycles. The van der Waals surface area contributed by atoms with Crippen molar-refractivity contribution in [3.8, 4) is 5.75 Å². The average Bonchev–Trinajstić information content (AvgIpc) is 2.65. The lowest BCUT2D eigenvalue weighted by molar-refractivity contribution is 0.416. The lowest BCUT2D eigenvalue weighted by Gasteiger charge is -2.14. The van der Waals surface area contributed by atoms with Gasteiger partial charge in [0.2, 0.25) is 5.95 Å². The van der Waals surface area contributed by atoms with Gasteiger partial charge < -0.3 is 20.3 Å². The third-order valence-corrected chi connectivity index (χ3v) is 4.45. The van der Waals surface area contributed by atoms with Crippen molar-refractivity contribution in [3.63, 3.8) is 0 Å². The molecule has 3 rings (SSSR count). The van der Waals surface area contributed by atoms with Crippen LogP contribution in [0.3, 0.4) is 0 Å². The van der Waals surface area contributed by atoms with Gasteiger partial charge in [-0.3, -0.25) is 0 Å². The minimum Gasteiger partial charge on any atom is -0.495 e. The SMILES string of the molecule is COc1cc(Cl)c(C)cc1Nc1ccnc(Nc2ccc(N(C)C)cc2)n1. The molecule has 1 aromatic heterocycles. The molecular weight excluding hydrogens is 362 g/mol. The maximum absolute atomic E-state index is 6.17. The van der Waals surface area contributed by atoms with Gasteiger partial charge in [0.25, 0.3) is 0 Å². The van der Waals surface area contributed by atoms with Gasteiger partial charge in [-0.2, -0.15) is 4.98 Å². The number of benzene rings is 2. The summed E-state index contributed by atoms with van der Waals surface area (Å²) in [6, 6.07) is 13.6. The van der Waals surface area contributed by atoms with E-state index in [-0.39, 0.29) is 0 Å². The number of aryl methyl sites for hydroxylation is 1. The molecule has 0 aliphatic heterocycles. The molecule has 0 saturated carbocycles. The number of halogens is 1. The molecule has 0 aliphatic rings. The van der Waals surface area contributed by atoms with E-state index in [0.29, 0.717) is 22.5 Å². The zero-order valence-corrected chi connectivity index (χ0v) is 16.5. The molecule has 0 spiro atoms. The van der Waals surface area contributed by atoms with Crippen LogP contribution in [0.4, 0.5) is 28.8 Å². The van der Waals surface area contributed by atoms with Crippen LogP contribution in [0.2, 0.25) is 5.02 Å². The summed E-state index contributed by atoms with van der Waals surface area (Å²) in [4.78, 5) is 10.8.